The van der Waals surface area contributed by atoms with Gasteiger partial charge in [0.2, 0.25) is 0 Å². The Morgan fingerprint density at radius 2 is 1.82 bits per heavy atom. The fraction of sp³-hybridized carbons (Fsp3) is 0.217. The fourth-order valence-corrected chi connectivity index (χ4v) is 3.34. The van der Waals surface area contributed by atoms with Gasteiger partial charge in [-0.2, -0.15) is 13.2 Å². The normalized spacial score (nSPS) is 11.3. The molecule has 0 aliphatic carbocycles. The molecule has 0 aliphatic rings. The monoisotopic (exact) mass is 476 g/mol. The second-order valence-electron chi connectivity index (χ2n) is 7.29. The number of ether oxygens (including phenoxy) is 1. The Labute approximate surface area is 193 Å². The molecule has 1 aromatic carbocycles. The van der Waals surface area contributed by atoms with Gasteiger partial charge in [-0.15, -0.1) is 12.4 Å². The number of nitrogens with zero attached hydrogens (tertiary/aromatic N) is 3. The van der Waals surface area contributed by atoms with Crippen LogP contribution in [-0.2, 0) is 12.6 Å². The zero-order valence-electron chi connectivity index (χ0n) is 17.5. The van der Waals surface area contributed by atoms with Crippen molar-refractivity contribution in [1.29, 1.82) is 0 Å². The van der Waals surface area contributed by atoms with E-state index in [2.05, 4.69) is 19.9 Å². The largest absolute Gasteiger partial charge is 0.494 e. The molecule has 172 valence electrons. The van der Waals surface area contributed by atoms with Crippen LogP contribution in [0.2, 0.25) is 0 Å². The molecule has 1 N–H and O–H groups in total. The minimum Gasteiger partial charge on any atom is -0.494 e. The number of H-pyrrole nitrogens is 1. The Bertz CT molecular complexity index is 1310. The highest BCUT2D eigenvalue weighted by Gasteiger charge is 2.31. The highest BCUT2D eigenvalue weighted by molar-refractivity contribution is 5.85. The highest BCUT2D eigenvalue weighted by atomic mass is 35.5. The van der Waals surface area contributed by atoms with Crippen LogP contribution in [0.25, 0.3) is 22.4 Å². The summed E-state index contributed by atoms with van der Waals surface area (Å²) < 4.78 is 44.8. The fourth-order valence-electron chi connectivity index (χ4n) is 3.34. The average molecular weight is 477 g/mol. The topological polar surface area (TPSA) is 80.8 Å². The van der Waals surface area contributed by atoms with E-state index in [-0.39, 0.29) is 23.9 Å². The van der Waals surface area contributed by atoms with Crippen molar-refractivity contribution in [3.05, 3.63) is 82.0 Å². The Morgan fingerprint density at radius 1 is 1.06 bits per heavy atom. The van der Waals surface area contributed by atoms with E-state index < -0.39 is 17.3 Å². The molecule has 0 radical (unpaired) electrons. The number of hydrogen-bond donors (Lipinski definition) is 1. The van der Waals surface area contributed by atoms with Crippen molar-refractivity contribution in [2.45, 2.75) is 25.9 Å². The molecule has 0 saturated heterocycles. The van der Waals surface area contributed by atoms with Gasteiger partial charge in [0.25, 0.3) is 5.56 Å². The summed E-state index contributed by atoms with van der Waals surface area (Å²) >= 11 is 0. The first-order valence-electron chi connectivity index (χ1n) is 9.91. The van der Waals surface area contributed by atoms with Gasteiger partial charge in [-0.3, -0.25) is 14.8 Å². The van der Waals surface area contributed by atoms with Crippen LogP contribution < -0.4 is 10.3 Å². The Morgan fingerprint density at radius 3 is 2.55 bits per heavy atom. The number of aromatic amines is 1. The maximum absolute atomic E-state index is 13.0. The third-order valence-corrected chi connectivity index (χ3v) is 4.93. The number of halogens is 4. The van der Waals surface area contributed by atoms with Gasteiger partial charge in [-0.1, -0.05) is 0 Å². The first kappa shape index (κ1) is 24.2. The van der Waals surface area contributed by atoms with E-state index in [1.165, 1.54) is 0 Å². The van der Waals surface area contributed by atoms with Crippen LogP contribution in [0, 0.1) is 6.92 Å². The van der Waals surface area contributed by atoms with Gasteiger partial charge in [0.1, 0.15) is 11.4 Å². The van der Waals surface area contributed by atoms with Crippen molar-refractivity contribution in [3.8, 4) is 17.3 Å². The molecule has 33 heavy (non-hydrogen) atoms. The third kappa shape index (κ3) is 5.67. The van der Waals surface area contributed by atoms with Gasteiger partial charge in [-0.05, 0) is 67.3 Å². The summed E-state index contributed by atoms with van der Waals surface area (Å²) in [6.45, 7) is 2.23. The molecule has 0 amide bonds. The minimum absolute atomic E-state index is 0. The molecule has 0 bridgehead atoms. The molecule has 0 spiro atoms. The van der Waals surface area contributed by atoms with Gasteiger partial charge in [0, 0.05) is 18.6 Å². The quantitative estimate of drug-likeness (QED) is 0.390. The molecule has 0 unspecified atom stereocenters. The van der Waals surface area contributed by atoms with Gasteiger partial charge in [0.05, 0.1) is 23.1 Å². The van der Waals surface area contributed by atoms with E-state index in [0.717, 1.165) is 36.7 Å². The van der Waals surface area contributed by atoms with Crippen LogP contribution in [-0.4, -0.2) is 26.5 Å². The number of nitrogens with one attached hydrogen (secondary N) is 1. The Kier molecular flexibility index (Phi) is 7.33. The predicted octanol–water partition coefficient (Wildman–Crippen LogP) is 5.14. The lowest BCUT2D eigenvalue weighted by Gasteiger charge is -2.11. The maximum Gasteiger partial charge on any atom is 0.416 e. The van der Waals surface area contributed by atoms with Crippen molar-refractivity contribution in [2.75, 3.05) is 6.61 Å². The molecule has 3 heterocycles. The van der Waals surface area contributed by atoms with Gasteiger partial charge < -0.3 is 9.72 Å². The van der Waals surface area contributed by atoms with E-state index in [4.69, 9.17) is 4.74 Å². The summed E-state index contributed by atoms with van der Waals surface area (Å²) in [5.74, 6) is 0.504. The number of fused-ring (bicyclic) bond motifs is 1. The van der Waals surface area contributed by atoms with Crippen LogP contribution in [0.4, 0.5) is 13.2 Å². The standard InChI is InChI=1S/C23H19F3N4O2.ClH/c1-14-11-17(32-10-2-3-15-4-7-27-8-5-15)13-18-20(14)29-21(30-22(18)31)19-12-16(6-9-28-19)23(24,25)26;/h4-9,11-13H,2-3,10H2,1H3,(H,29,30,31);1H. The molecule has 3 aromatic heterocycles. The molecule has 0 aliphatic heterocycles. The van der Waals surface area contributed by atoms with Crippen molar-refractivity contribution in [1.82, 2.24) is 19.9 Å². The van der Waals surface area contributed by atoms with Crippen LogP contribution in [0.5, 0.6) is 5.75 Å². The number of rotatable bonds is 6. The summed E-state index contributed by atoms with van der Waals surface area (Å²) in [6, 6.07) is 8.96. The van der Waals surface area contributed by atoms with E-state index in [1.54, 1.807) is 31.5 Å². The van der Waals surface area contributed by atoms with Crippen molar-refractivity contribution in [3.63, 3.8) is 0 Å². The van der Waals surface area contributed by atoms with E-state index in [1.807, 2.05) is 12.1 Å². The molecule has 4 aromatic rings. The Hall–Kier alpha value is -3.46. The van der Waals surface area contributed by atoms with Crippen LogP contribution in [0.15, 0.2) is 59.8 Å². The number of hydrogen-bond acceptors (Lipinski definition) is 5. The molecule has 6 nitrogen and oxygen atoms in total. The Balaban J connectivity index is 0.00000306. The lowest BCUT2D eigenvalue weighted by molar-refractivity contribution is -0.137. The van der Waals surface area contributed by atoms with Crippen molar-refractivity contribution in [2.24, 2.45) is 0 Å². The minimum atomic E-state index is -4.52. The molecule has 0 atom stereocenters. The lowest BCUT2D eigenvalue weighted by Crippen LogP contribution is -2.12. The summed E-state index contributed by atoms with van der Waals surface area (Å²) in [5, 5.41) is 0.296. The summed E-state index contributed by atoms with van der Waals surface area (Å²) in [7, 11) is 0. The first-order chi connectivity index (χ1) is 15.3. The predicted molar refractivity (Wildman–Crippen MR) is 121 cm³/mol. The number of aromatic nitrogens is 4. The third-order valence-electron chi connectivity index (χ3n) is 4.93. The summed E-state index contributed by atoms with van der Waals surface area (Å²) in [6.07, 6.45) is 1.63. The summed E-state index contributed by atoms with van der Waals surface area (Å²) in [4.78, 5) is 27.5. The lowest BCUT2D eigenvalue weighted by atomic mass is 10.1. The van der Waals surface area contributed by atoms with Crippen molar-refractivity contribution >= 4 is 23.3 Å². The SMILES string of the molecule is Cc1cc(OCCCc2ccncc2)cc2c(=O)[nH]c(-c3cc(C(F)(F)F)ccn3)nc12.Cl. The van der Waals surface area contributed by atoms with Crippen molar-refractivity contribution < 1.29 is 17.9 Å². The highest BCUT2D eigenvalue weighted by Crippen LogP contribution is 2.31. The second kappa shape index (κ2) is 9.99. The number of aryl methyl sites for hydroxylation is 2. The van der Waals surface area contributed by atoms with Gasteiger partial charge >= 0.3 is 6.18 Å². The number of pyridine rings is 2. The van der Waals surface area contributed by atoms with Crippen LogP contribution in [0.1, 0.15) is 23.1 Å². The molecular formula is C23H20ClF3N4O2. The van der Waals surface area contributed by atoms with Crippen LogP contribution >= 0.6 is 12.4 Å². The van der Waals surface area contributed by atoms with Gasteiger partial charge in [-0.25, -0.2) is 4.98 Å². The second-order valence-corrected chi connectivity index (χ2v) is 7.29. The molecule has 0 fully saturated rings. The average Bonchev–Trinajstić information content (AvgIpc) is 2.77. The van der Waals surface area contributed by atoms with Crippen LogP contribution in [0.3, 0.4) is 0 Å². The molecular weight excluding hydrogens is 457 g/mol. The van der Waals surface area contributed by atoms with Gasteiger partial charge in [0.15, 0.2) is 5.82 Å². The zero-order valence-corrected chi connectivity index (χ0v) is 18.3. The zero-order chi connectivity index (χ0) is 22.7. The van der Waals surface area contributed by atoms with E-state index in [0.29, 0.717) is 28.8 Å². The van der Waals surface area contributed by atoms with E-state index >= 15 is 0 Å². The maximum atomic E-state index is 13.0. The molecule has 10 heteroatoms. The first-order valence-corrected chi connectivity index (χ1v) is 9.91. The number of benzene rings is 1. The summed E-state index contributed by atoms with van der Waals surface area (Å²) in [5.41, 5.74) is 0.814. The molecule has 0 saturated carbocycles. The van der Waals surface area contributed by atoms with E-state index in [9.17, 15) is 18.0 Å². The molecule has 4 rings (SSSR count). The smallest absolute Gasteiger partial charge is 0.416 e. The number of alkyl halides is 3.